The van der Waals surface area contributed by atoms with E-state index in [-0.39, 0.29) is 17.9 Å². The molecule has 4 rings (SSSR count). The van der Waals surface area contributed by atoms with Gasteiger partial charge in [0, 0.05) is 56.2 Å². The maximum absolute atomic E-state index is 13.4. The van der Waals surface area contributed by atoms with Gasteiger partial charge in [-0.05, 0) is 73.6 Å². The summed E-state index contributed by atoms with van der Waals surface area (Å²) in [5.41, 5.74) is 2.19. The molecule has 0 bridgehead atoms. The molecule has 0 aliphatic carbocycles. The Morgan fingerprint density at radius 2 is 1.86 bits per heavy atom. The maximum atomic E-state index is 13.4. The van der Waals surface area contributed by atoms with E-state index in [2.05, 4.69) is 67.0 Å². The van der Waals surface area contributed by atoms with Crippen LogP contribution in [0.3, 0.4) is 0 Å². The highest BCUT2D eigenvalue weighted by Crippen LogP contribution is 2.31. The van der Waals surface area contributed by atoms with Crippen LogP contribution in [0.4, 0.5) is 17.3 Å². The van der Waals surface area contributed by atoms with Crippen LogP contribution >= 0.6 is 15.9 Å². The molecular formula is C25H32BrN7O2. The summed E-state index contributed by atoms with van der Waals surface area (Å²) in [5, 5.41) is 6.22. The second-order valence-electron chi connectivity index (χ2n) is 9.21. The second kappa shape index (κ2) is 11.2. The number of nitrogens with one attached hydrogen (secondary N) is 2. The van der Waals surface area contributed by atoms with Gasteiger partial charge in [0.15, 0.2) is 0 Å². The van der Waals surface area contributed by atoms with Crippen molar-refractivity contribution in [2.24, 2.45) is 0 Å². The smallest absolute Gasteiger partial charge is 0.254 e. The van der Waals surface area contributed by atoms with E-state index >= 15 is 0 Å². The molecule has 0 unspecified atom stereocenters. The van der Waals surface area contributed by atoms with Gasteiger partial charge in [-0.15, -0.1) is 0 Å². The molecule has 2 aromatic rings. The summed E-state index contributed by atoms with van der Waals surface area (Å²) in [6.45, 7) is 6.52. The van der Waals surface area contributed by atoms with Gasteiger partial charge in [0.05, 0.1) is 15.8 Å². The van der Waals surface area contributed by atoms with Gasteiger partial charge in [-0.25, -0.2) is 9.97 Å². The molecule has 2 N–H and O–H groups in total. The Morgan fingerprint density at radius 3 is 2.51 bits per heavy atom. The lowest BCUT2D eigenvalue weighted by Gasteiger charge is -2.37. The van der Waals surface area contributed by atoms with Gasteiger partial charge in [-0.2, -0.15) is 0 Å². The minimum atomic E-state index is -0.267. The number of piperidine rings is 1. The highest BCUT2D eigenvalue weighted by atomic mass is 79.9. The van der Waals surface area contributed by atoms with E-state index in [0.29, 0.717) is 36.3 Å². The first kappa shape index (κ1) is 25.1. The molecule has 0 radical (unpaired) electrons. The van der Waals surface area contributed by atoms with Crippen LogP contribution in [0.25, 0.3) is 0 Å². The van der Waals surface area contributed by atoms with Crippen LogP contribution < -0.4 is 15.5 Å². The summed E-state index contributed by atoms with van der Waals surface area (Å²) in [7, 11) is 4.22. The molecule has 2 aliphatic rings. The predicted molar refractivity (Wildman–Crippen MR) is 142 cm³/mol. The number of aromatic nitrogens is 2. The van der Waals surface area contributed by atoms with Gasteiger partial charge in [0.2, 0.25) is 11.9 Å². The first-order valence-electron chi connectivity index (χ1n) is 11.9. The molecule has 35 heavy (non-hydrogen) atoms. The summed E-state index contributed by atoms with van der Waals surface area (Å²) >= 11 is 3.34. The minimum absolute atomic E-state index is 0.0166. The predicted octanol–water partition coefficient (Wildman–Crippen LogP) is 3.22. The van der Waals surface area contributed by atoms with Crippen molar-refractivity contribution in [3.05, 3.63) is 53.3 Å². The van der Waals surface area contributed by atoms with Crippen LogP contribution in [0.15, 0.2) is 47.7 Å². The lowest BCUT2D eigenvalue weighted by atomic mass is 10.0. The molecule has 9 nitrogen and oxygen atoms in total. The fourth-order valence-electron chi connectivity index (χ4n) is 4.65. The number of anilines is 3. The number of benzene rings is 1. The molecule has 0 spiro atoms. The number of hydrogen-bond donors (Lipinski definition) is 2. The molecular weight excluding hydrogens is 510 g/mol. The molecule has 2 saturated heterocycles. The Balaban J connectivity index is 1.48. The van der Waals surface area contributed by atoms with Crippen molar-refractivity contribution in [1.29, 1.82) is 0 Å². The number of amides is 2. The monoisotopic (exact) mass is 541 g/mol. The number of carbonyl (C=O) groups is 2. The molecule has 2 amide bonds. The van der Waals surface area contributed by atoms with Gasteiger partial charge in [-0.3, -0.25) is 9.59 Å². The zero-order chi connectivity index (χ0) is 24.9. The van der Waals surface area contributed by atoms with Crippen LogP contribution in [0.5, 0.6) is 0 Å². The van der Waals surface area contributed by atoms with E-state index in [9.17, 15) is 9.59 Å². The Labute approximate surface area is 214 Å². The summed E-state index contributed by atoms with van der Waals surface area (Å²) in [6, 6.07) is 6.15. The first-order valence-corrected chi connectivity index (χ1v) is 12.7. The molecule has 186 valence electrons. The normalized spacial score (nSPS) is 18.6. The van der Waals surface area contributed by atoms with Crippen LogP contribution in [-0.4, -0.2) is 83.9 Å². The molecule has 2 aliphatic heterocycles. The Bertz CT molecular complexity index is 1070. The van der Waals surface area contributed by atoms with E-state index in [1.165, 1.54) is 6.08 Å². The third kappa shape index (κ3) is 6.18. The van der Waals surface area contributed by atoms with Crippen LogP contribution in [-0.2, 0) is 4.79 Å². The molecule has 3 heterocycles. The summed E-state index contributed by atoms with van der Waals surface area (Å²) in [5.74, 6) is 0.271. The Morgan fingerprint density at radius 1 is 1.14 bits per heavy atom. The molecule has 0 saturated carbocycles. The third-order valence-corrected chi connectivity index (χ3v) is 7.06. The lowest BCUT2D eigenvalue weighted by molar-refractivity contribution is -0.111. The maximum Gasteiger partial charge on any atom is 0.254 e. The average Bonchev–Trinajstić information content (AvgIpc) is 3.33. The topological polar surface area (TPSA) is 93.7 Å². The van der Waals surface area contributed by atoms with Crippen molar-refractivity contribution < 1.29 is 9.59 Å². The Kier molecular flexibility index (Phi) is 8.02. The molecule has 1 atom stereocenters. The van der Waals surface area contributed by atoms with E-state index in [4.69, 9.17) is 0 Å². The lowest BCUT2D eigenvalue weighted by Crippen LogP contribution is -2.42. The molecule has 1 aromatic heterocycles. The van der Waals surface area contributed by atoms with Crippen molar-refractivity contribution in [1.82, 2.24) is 19.8 Å². The summed E-state index contributed by atoms with van der Waals surface area (Å²) in [4.78, 5) is 40.3. The fraction of sp³-hybridized carbons (Fsp3) is 0.440. The van der Waals surface area contributed by atoms with Crippen molar-refractivity contribution in [3.63, 3.8) is 0 Å². The van der Waals surface area contributed by atoms with Crippen LogP contribution in [0, 0.1) is 0 Å². The number of carbonyl (C=O) groups excluding carboxylic acids is 2. The number of rotatable bonds is 7. The van der Waals surface area contributed by atoms with Gasteiger partial charge >= 0.3 is 0 Å². The molecule has 2 fully saturated rings. The molecule has 1 aromatic carbocycles. The average molecular weight is 542 g/mol. The third-order valence-electron chi connectivity index (χ3n) is 6.65. The standard InChI is InChI=1S/C25H32BrN7O2/c1-4-23(34)30-21-6-5-17(13-22(21)32-11-8-20(9-12-32)31(2)3)24(35)33-10-7-19(16-33)29-25-27-14-18(26)15-28-25/h4-6,13-15,19-20H,1,7-12,16H2,2-3H3,(H,30,34)(H,27,28,29)/t19-/m0/s1. The van der Waals surface area contributed by atoms with Crippen LogP contribution in [0.1, 0.15) is 29.6 Å². The number of nitrogens with zero attached hydrogens (tertiary/aromatic N) is 5. The van der Waals surface area contributed by atoms with E-state index < -0.39 is 0 Å². The highest BCUT2D eigenvalue weighted by molar-refractivity contribution is 9.10. The van der Waals surface area contributed by atoms with E-state index in [1.807, 2.05) is 17.0 Å². The van der Waals surface area contributed by atoms with E-state index in [1.54, 1.807) is 18.5 Å². The Hall–Kier alpha value is -2.98. The summed E-state index contributed by atoms with van der Waals surface area (Å²) in [6.07, 6.45) is 7.53. The van der Waals surface area contributed by atoms with Gasteiger partial charge in [0.1, 0.15) is 0 Å². The van der Waals surface area contributed by atoms with Crippen molar-refractivity contribution in [2.75, 3.05) is 55.8 Å². The van der Waals surface area contributed by atoms with Gasteiger partial charge in [-0.1, -0.05) is 6.58 Å². The summed E-state index contributed by atoms with van der Waals surface area (Å²) < 4.78 is 0.820. The van der Waals surface area contributed by atoms with Gasteiger partial charge < -0.3 is 25.3 Å². The van der Waals surface area contributed by atoms with Crippen molar-refractivity contribution >= 4 is 45.1 Å². The molecule has 10 heteroatoms. The second-order valence-corrected chi connectivity index (χ2v) is 10.1. The van der Waals surface area contributed by atoms with E-state index in [0.717, 1.165) is 42.5 Å². The highest BCUT2D eigenvalue weighted by Gasteiger charge is 2.29. The number of likely N-dealkylation sites (tertiary alicyclic amines) is 1. The minimum Gasteiger partial charge on any atom is -0.370 e. The number of halogens is 1. The zero-order valence-electron chi connectivity index (χ0n) is 20.2. The SMILES string of the molecule is C=CC(=O)Nc1ccc(C(=O)N2CC[C@H](Nc3ncc(Br)cn3)C2)cc1N1CCC(N(C)C)CC1. The largest absolute Gasteiger partial charge is 0.370 e. The van der Waals surface area contributed by atoms with Crippen molar-refractivity contribution in [2.45, 2.75) is 31.3 Å². The van der Waals surface area contributed by atoms with Crippen molar-refractivity contribution in [3.8, 4) is 0 Å². The zero-order valence-corrected chi connectivity index (χ0v) is 21.8. The number of hydrogen-bond acceptors (Lipinski definition) is 7. The fourth-order valence-corrected chi connectivity index (χ4v) is 4.86. The van der Waals surface area contributed by atoms with Crippen LogP contribution in [0.2, 0.25) is 0 Å². The van der Waals surface area contributed by atoms with Gasteiger partial charge in [0.25, 0.3) is 5.91 Å². The quantitative estimate of drug-likeness (QED) is 0.519. The first-order chi connectivity index (χ1) is 16.8.